The smallest absolute Gasteiger partial charge is 0.342 e. The minimum absolute atomic E-state index is 0.119. The number of carboxylic acids is 1. The van der Waals surface area contributed by atoms with Crippen molar-refractivity contribution in [2.75, 3.05) is 11.6 Å². The first kappa shape index (κ1) is 15.5. The third-order valence-electron chi connectivity index (χ3n) is 3.14. The molecule has 0 spiro atoms. The van der Waals surface area contributed by atoms with Crippen molar-refractivity contribution < 1.29 is 14.8 Å². The molecule has 0 saturated heterocycles. The van der Waals surface area contributed by atoms with Crippen molar-refractivity contribution in [1.82, 2.24) is 4.68 Å². The molecule has 116 valence electrons. The van der Waals surface area contributed by atoms with Crippen molar-refractivity contribution in [2.45, 2.75) is 0 Å². The molecule has 0 fully saturated rings. The van der Waals surface area contributed by atoms with Gasteiger partial charge in [0, 0.05) is 17.7 Å². The Labute approximate surface area is 127 Å². The van der Waals surface area contributed by atoms with Gasteiger partial charge in [-0.2, -0.15) is 5.26 Å². The number of nitro groups is 1. The molecule has 0 bridgehead atoms. The molecule has 23 heavy (non-hydrogen) atoms. The van der Waals surface area contributed by atoms with Crippen LogP contribution < -0.4 is 17.1 Å². The number of nitrogens with two attached hydrogens (primary N) is 2. The number of anilines is 1. The fraction of sp³-hybridized carbons (Fsp3) is 0. The van der Waals surface area contributed by atoms with E-state index in [1.807, 2.05) is 0 Å². The number of benzene rings is 1. The van der Waals surface area contributed by atoms with Gasteiger partial charge in [0.25, 0.3) is 11.2 Å². The second kappa shape index (κ2) is 5.49. The number of aromatic nitrogens is 1. The average molecular weight is 315 g/mol. The van der Waals surface area contributed by atoms with E-state index in [4.69, 9.17) is 11.6 Å². The van der Waals surface area contributed by atoms with E-state index in [1.54, 1.807) is 6.07 Å². The Morgan fingerprint density at radius 2 is 1.91 bits per heavy atom. The average Bonchev–Trinajstić information content (AvgIpc) is 2.52. The van der Waals surface area contributed by atoms with Gasteiger partial charge in [-0.1, -0.05) is 0 Å². The van der Waals surface area contributed by atoms with Gasteiger partial charge in [-0.05, 0) is 17.7 Å². The summed E-state index contributed by atoms with van der Waals surface area (Å²) in [5, 5.41) is 29.2. The number of hydrogen-bond acceptors (Lipinski definition) is 7. The first-order valence-corrected chi connectivity index (χ1v) is 6.01. The second-order valence-corrected chi connectivity index (χ2v) is 4.41. The highest BCUT2D eigenvalue weighted by molar-refractivity contribution is 5.98. The minimum atomic E-state index is -1.60. The van der Waals surface area contributed by atoms with Gasteiger partial charge in [0.05, 0.1) is 4.92 Å². The highest BCUT2D eigenvalue weighted by Crippen LogP contribution is 2.30. The van der Waals surface area contributed by atoms with Gasteiger partial charge in [-0.3, -0.25) is 14.9 Å². The third kappa shape index (κ3) is 2.42. The number of nitro benzene ring substituents is 1. The Morgan fingerprint density at radius 1 is 1.35 bits per heavy atom. The van der Waals surface area contributed by atoms with Gasteiger partial charge in [0.1, 0.15) is 23.0 Å². The number of nitriles is 1. The zero-order chi connectivity index (χ0) is 17.3. The molecule has 0 unspecified atom stereocenters. The zero-order valence-electron chi connectivity index (χ0n) is 11.4. The van der Waals surface area contributed by atoms with Gasteiger partial charge in [-0.15, -0.1) is 0 Å². The van der Waals surface area contributed by atoms with Crippen LogP contribution in [-0.4, -0.2) is 20.7 Å². The van der Waals surface area contributed by atoms with Gasteiger partial charge in [0.15, 0.2) is 0 Å². The summed E-state index contributed by atoms with van der Waals surface area (Å²) in [5.74, 6) is 3.38. The molecule has 0 radical (unpaired) electrons. The highest BCUT2D eigenvalue weighted by Gasteiger charge is 2.25. The quantitative estimate of drug-likeness (QED) is 0.410. The minimum Gasteiger partial charge on any atom is -0.477 e. The van der Waals surface area contributed by atoms with Gasteiger partial charge in [-0.25, -0.2) is 9.47 Å². The summed E-state index contributed by atoms with van der Waals surface area (Å²) in [4.78, 5) is 33.5. The number of pyridine rings is 1. The number of carboxylic acid groups (broad SMARTS) is 1. The number of non-ortho nitro benzene ring substituents is 1. The van der Waals surface area contributed by atoms with Gasteiger partial charge < -0.3 is 16.7 Å². The van der Waals surface area contributed by atoms with Crippen LogP contribution in [0.4, 0.5) is 11.5 Å². The van der Waals surface area contributed by atoms with Crippen LogP contribution in [0.25, 0.3) is 11.1 Å². The molecule has 0 amide bonds. The van der Waals surface area contributed by atoms with Crippen LogP contribution in [-0.2, 0) is 0 Å². The molecule has 0 aliphatic rings. The molecule has 10 nitrogen and oxygen atoms in total. The van der Waals surface area contributed by atoms with Crippen LogP contribution in [0.2, 0.25) is 0 Å². The molecule has 0 aliphatic heterocycles. The third-order valence-corrected chi connectivity index (χ3v) is 3.14. The molecule has 1 heterocycles. The van der Waals surface area contributed by atoms with E-state index in [1.165, 1.54) is 12.1 Å². The Bertz CT molecular complexity index is 924. The van der Waals surface area contributed by atoms with Crippen LogP contribution >= 0.6 is 0 Å². The van der Waals surface area contributed by atoms with E-state index < -0.39 is 27.8 Å². The van der Waals surface area contributed by atoms with E-state index in [-0.39, 0.29) is 22.4 Å². The van der Waals surface area contributed by atoms with E-state index >= 15 is 0 Å². The maximum atomic E-state index is 12.0. The lowest BCUT2D eigenvalue weighted by molar-refractivity contribution is -0.384. The molecular formula is C13H9N5O5. The van der Waals surface area contributed by atoms with Crippen LogP contribution in [0.1, 0.15) is 15.9 Å². The number of hydrogen-bond donors (Lipinski definition) is 3. The largest absolute Gasteiger partial charge is 0.477 e. The summed E-state index contributed by atoms with van der Waals surface area (Å²) in [6.07, 6.45) is 0. The number of nitrogen functional groups attached to an aromatic ring is 2. The molecular weight excluding hydrogens is 306 g/mol. The summed E-state index contributed by atoms with van der Waals surface area (Å²) in [6.45, 7) is 0. The van der Waals surface area contributed by atoms with Crippen molar-refractivity contribution in [3.05, 3.63) is 55.9 Å². The fourth-order valence-electron chi connectivity index (χ4n) is 2.06. The van der Waals surface area contributed by atoms with Crippen molar-refractivity contribution in [2.24, 2.45) is 0 Å². The molecule has 0 atom stereocenters. The predicted octanol–water partition coefficient (Wildman–Crippen LogP) is 0.289. The Kier molecular flexibility index (Phi) is 3.70. The molecule has 0 saturated carbocycles. The van der Waals surface area contributed by atoms with Crippen molar-refractivity contribution in [1.29, 1.82) is 5.26 Å². The lowest BCUT2D eigenvalue weighted by Gasteiger charge is -2.13. The Hall–Kier alpha value is -3.87. The fourth-order valence-corrected chi connectivity index (χ4v) is 2.06. The lowest BCUT2D eigenvalue weighted by Crippen LogP contribution is -2.35. The predicted molar refractivity (Wildman–Crippen MR) is 79.0 cm³/mol. The normalized spacial score (nSPS) is 10.0. The monoisotopic (exact) mass is 315 g/mol. The standard InChI is InChI=1S/C13H9N5O5/c14-5-8-9(6-1-3-7(4-2-6)18(22)23)10(13(20)21)12(19)17(16)11(8)15/h1-4H,15-16H2,(H,20,21). The maximum Gasteiger partial charge on any atom is 0.342 e. The molecule has 10 heteroatoms. The van der Waals surface area contributed by atoms with E-state index in [0.29, 0.717) is 4.68 Å². The molecule has 0 aliphatic carbocycles. The Balaban J connectivity index is 2.90. The molecule has 1 aromatic carbocycles. The maximum absolute atomic E-state index is 12.0. The first-order valence-electron chi connectivity index (χ1n) is 6.01. The van der Waals surface area contributed by atoms with E-state index in [0.717, 1.165) is 12.1 Å². The summed E-state index contributed by atoms with van der Waals surface area (Å²) in [7, 11) is 0. The molecule has 5 N–H and O–H groups in total. The summed E-state index contributed by atoms with van der Waals surface area (Å²) in [5.41, 5.74) is 3.10. The lowest BCUT2D eigenvalue weighted by atomic mass is 9.96. The summed E-state index contributed by atoms with van der Waals surface area (Å²) >= 11 is 0. The zero-order valence-corrected chi connectivity index (χ0v) is 11.4. The topological polar surface area (TPSA) is 178 Å². The second-order valence-electron chi connectivity index (χ2n) is 4.41. The Morgan fingerprint density at radius 3 is 2.35 bits per heavy atom. The summed E-state index contributed by atoms with van der Waals surface area (Å²) in [6, 6.07) is 6.38. The number of rotatable bonds is 3. The van der Waals surface area contributed by atoms with E-state index in [2.05, 4.69) is 0 Å². The first-order chi connectivity index (χ1) is 10.8. The molecule has 2 rings (SSSR count). The van der Waals surface area contributed by atoms with Gasteiger partial charge >= 0.3 is 5.97 Å². The van der Waals surface area contributed by atoms with Crippen LogP contribution in [0.5, 0.6) is 0 Å². The summed E-state index contributed by atoms with van der Waals surface area (Å²) < 4.78 is 0.372. The van der Waals surface area contributed by atoms with Crippen molar-refractivity contribution >= 4 is 17.5 Å². The number of aromatic carboxylic acids is 1. The number of nitrogens with zero attached hydrogens (tertiary/aromatic N) is 3. The molecule has 1 aromatic heterocycles. The molecule has 2 aromatic rings. The van der Waals surface area contributed by atoms with Crippen LogP contribution in [0, 0.1) is 21.4 Å². The van der Waals surface area contributed by atoms with Crippen molar-refractivity contribution in [3.8, 4) is 17.2 Å². The van der Waals surface area contributed by atoms with Crippen molar-refractivity contribution in [3.63, 3.8) is 0 Å². The van der Waals surface area contributed by atoms with E-state index in [9.17, 15) is 30.1 Å². The highest BCUT2D eigenvalue weighted by atomic mass is 16.6. The van der Waals surface area contributed by atoms with Crippen LogP contribution in [0.3, 0.4) is 0 Å². The SMILES string of the molecule is N#Cc1c(-c2ccc([N+](=O)[O-])cc2)c(C(=O)O)c(=O)n(N)c1N. The van der Waals surface area contributed by atoms with Crippen LogP contribution in [0.15, 0.2) is 29.1 Å². The number of carbonyl (C=O) groups is 1. The van der Waals surface area contributed by atoms with Gasteiger partial charge in [0.2, 0.25) is 0 Å².